The minimum atomic E-state index is -0.365. The van der Waals surface area contributed by atoms with E-state index in [2.05, 4.69) is 10.3 Å². The van der Waals surface area contributed by atoms with Gasteiger partial charge < -0.3 is 15.2 Å². The fourth-order valence-corrected chi connectivity index (χ4v) is 3.99. The lowest BCUT2D eigenvalue weighted by molar-refractivity contribution is -0.132. The van der Waals surface area contributed by atoms with Crippen LogP contribution in [0, 0.1) is 5.92 Å². The fraction of sp³-hybridized carbons (Fsp3) is 0.273. The number of aromatic nitrogens is 1. The van der Waals surface area contributed by atoms with Gasteiger partial charge in [0.2, 0.25) is 5.91 Å². The highest BCUT2D eigenvalue weighted by Gasteiger charge is 2.34. The molecule has 0 bridgehead atoms. The van der Waals surface area contributed by atoms with Gasteiger partial charge in [-0.25, -0.2) is 0 Å². The van der Waals surface area contributed by atoms with E-state index in [1.807, 2.05) is 49.4 Å². The van der Waals surface area contributed by atoms with E-state index in [0.717, 1.165) is 29.3 Å². The first-order valence-corrected chi connectivity index (χ1v) is 9.82. The summed E-state index contributed by atoms with van der Waals surface area (Å²) in [6.45, 7) is 2.50. The highest BCUT2D eigenvalue weighted by atomic mass is 35.5. The molecule has 2 N–H and O–H groups in total. The molecule has 6 heteroatoms. The molecule has 0 radical (unpaired) electrons. The zero-order valence-corrected chi connectivity index (χ0v) is 16.4. The summed E-state index contributed by atoms with van der Waals surface area (Å²) < 4.78 is 0. The van der Waals surface area contributed by atoms with E-state index in [1.54, 1.807) is 17.0 Å². The lowest BCUT2D eigenvalue weighted by atomic mass is 9.98. The average molecular weight is 396 g/mol. The van der Waals surface area contributed by atoms with Gasteiger partial charge >= 0.3 is 0 Å². The number of nitrogens with zero attached hydrogens (tertiary/aromatic N) is 1. The van der Waals surface area contributed by atoms with Gasteiger partial charge in [0.1, 0.15) is 11.9 Å². The van der Waals surface area contributed by atoms with Gasteiger partial charge in [-0.3, -0.25) is 9.59 Å². The second-order valence-corrected chi connectivity index (χ2v) is 7.71. The molecule has 0 aliphatic carbocycles. The maximum Gasteiger partial charge on any atom is 0.269 e. The molecule has 3 aromatic rings. The summed E-state index contributed by atoms with van der Waals surface area (Å²) in [5.74, 6) is -0.170. The Morgan fingerprint density at radius 1 is 1.25 bits per heavy atom. The molecule has 28 heavy (non-hydrogen) atoms. The fourth-order valence-electron chi connectivity index (χ4n) is 3.81. The first-order chi connectivity index (χ1) is 13.5. The van der Waals surface area contributed by atoms with Crippen molar-refractivity contribution in [1.29, 1.82) is 0 Å². The summed E-state index contributed by atoms with van der Waals surface area (Å²) in [5, 5.41) is 4.43. The number of benzene rings is 2. The van der Waals surface area contributed by atoms with Crippen molar-refractivity contribution in [3.05, 3.63) is 70.9 Å². The predicted octanol–water partition coefficient (Wildman–Crippen LogP) is 3.99. The van der Waals surface area contributed by atoms with Crippen LogP contribution in [-0.2, 0) is 11.2 Å². The molecule has 2 aromatic carbocycles. The van der Waals surface area contributed by atoms with Gasteiger partial charge in [-0.05, 0) is 49.6 Å². The summed E-state index contributed by atoms with van der Waals surface area (Å²) in [7, 11) is 0. The van der Waals surface area contributed by atoms with Crippen molar-refractivity contribution < 1.29 is 9.59 Å². The number of likely N-dealkylation sites (tertiary alicyclic amines) is 1. The number of carbonyl (C=O) groups excluding carboxylic acids is 2. The molecule has 4 rings (SSSR count). The summed E-state index contributed by atoms with van der Waals surface area (Å²) >= 11 is 6.01. The van der Waals surface area contributed by atoms with E-state index in [0.29, 0.717) is 17.3 Å². The number of rotatable bonds is 5. The molecule has 1 aliphatic rings. The van der Waals surface area contributed by atoms with Gasteiger partial charge in [0.15, 0.2) is 0 Å². The van der Waals surface area contributed by atoms with E-state index >= 15 is 0 Å². The maximum absolute atomic E-state index is 12.8. The van der Waals surface area contributed by atoms with Crippen molar-refractivity contribution in [2.45, 2.75) is 25.9 Å². The number of hydrogen-bond acceptors (Lipinski definition) is 2. The molecular weight excluding hydrogens is 374 g/mol. The predicted molar refractivity (Wildman–Crippen MR) is 110 cm³/mol. The van der Waals surface area contributed by atoms with E-state index in [9.17, 15) is 9.59 Å². The Morgan fingerprint density at radius 3 is 2.82 bits per heavy atom. The van der Waals surface area contributed by atoms with Gasteiger partial charge in [-0.2, -0.15) is 0 Å². The molecule has 2 atom stereocenters. The smallest absolute Gasteiger partial charge is 0.269 e. The number of halogens is 1. The summed E-state index contributed by atoms with van der Waals surface area (Å²) in [6.07, 6.45) is 1.18. The third-order valence-electron chi connectivity index (χ3n) is 5.31. The van der Waals surface area contributed by atoms with E-state index in [-0.39, 0.29) is 23.9 Å². The van der Waals surface area contributed by atoms with Crippen LogP contribution in [0.5, 0.6) is 0 Å². The second kappa shape index (κ2) is 7.68. The normalized spacial score (nSPS) is 17.9. The van der Waals surface area contributed by atoms with Gasteiger partial charge in [0, 0.05) is 28.4 Å². The molecule has 2 heterocycles. The van der Waals surface area contributed by atoms with Crippen molar-refractivity contribution in [3.8, 4) is 0 Å². The monoisotopic (exact) mass is 395 g/mol. The molecule has 5 nitrogen and oxygen atoms in total. The Kier molecular flexibility index (Phi) is 5.09. The third-order valence-corrected chi connectivity index (χ3v) is 5.55. The number of carbonyl (C=O) groups is 2. The largest absolute Gasteiger partial charge is 0.351 e. The van der Waals surface area contributed by atoms with Crippen molar-refractivity contribution >= 4 is 34.3 Å². The molecule has 0 saturated carbocycles. The van der Waals surface area contributed by atoms with Crippen LogP contribution in [0.2, 0.25) is 5.02 Å². The Morgan fingerprint density at radius 2 is 2.04 bits per heavy atom. The first-order valence-electron chi connectivity index (χ1n) is 9.45. The van der Waals surface area contributed by atoms with E-state index in [4.69, 9.17) is 11.6 Å². The first kappa shape index (κ1) is 18.6. The van der Waals surface area contributed by atoms with Crippen LogP contribution in [0.15, 0.2) is 54.6 Å². The van der Waals surface area contributed by atoms with Crippen LogP contribution >= 0.6 is 11.6 Å². The number of amides is 2. The number of aromatic amines is 1. The zero-order valence-electron chi connectivity index (χ0n) is 15.6. The Hall–Kier alpha value is -2.79. The van der Waals surface area contributed by atoms with Crippen molar-refractivity contribution in [2.24, 2.45) is 5.92 Å². The van der Waals surface area contributed by atoms with Gasteiger partial charge in [0.05, 0.1) is 0 Å². The molecular formula is C22H22ClN3O2. The van der Waals surface area contributed by atoms with E-state index < -0.39 is 0 Å². The quantitative estimate of drug-likeness (QED) is 0.686. The van der Waals surface area contributed by atoms with Crippen molar-refractivity contribution in [3.63, 3.8) is 0 Å². The maximum atomic E-state index is 12.8. The van der Waals surface area contributed by atoms with Gasteiger partial charge in [0.25, 0.3) is 5.91 Å². The Labute approximate surface area is 168 Å². The van der Waals surface area contributed by atoms with Crippen LogP contribution in [0.4, 0.5) is 0 Å². The molecule has 2 amide bonds. The number of H-pyrrole nitrogens is 1. The van der Waals surface area contributed by atoms with E-state index in [1.165, 1.54) is 0 Å². The van der Waals surface area contributed by atoms with Crippen LogP contribution in [0.3, 0.4) is 0 Å². The Bertz CT molecular complexity index is 1020. The minimum Gasteiger partial charge on any atom is -0.351 e. The molecule has 1 aliphatic heterocycles. The Balaban J connectivity index is 1.40. The number of fused-ring (bicyclic) bond motifs is 1. The van der Waals surface area contributed by atoms with Crippen molar-refractivity contribution in [2.75, 3.05) is 6.54 Å². The summed E-state index contributed by atoms with van der Waals surface area (Å²) in [5.41, 5.74) is 2.47. The number of nitrogens with one attached hydrogen (secondary N) is 2. The molecule has 0 spiro atoms. The van der Waals surface area contributed by atoms with Crippen LogP contribution < -0.4 is 5.32 Å². The highest BCUT2D eigenvalue weighted by molar-refractivity contribution is 6.31. The topological polar surface area (TPSA) is 65.2 Å². The summed E-state index contributed by atoms with van der Waals surface area (Å²) in [6, 6.07) is 17.2. The van der Waals surface area contributed by atoms with Crippen LogP contribution in [0.25, 0.3) is 10.9 Å². The molecule has 1 fully saturated rings. The minimum absolute atomic E-state index is 0.0306. The lowest BCUT2D eigenvalue weighted by Crippen LogP contribution is -2.47. The lowest BCUT2D eigenvalue weighted by Gasteiger charge is -2.25. The molecule has 1 saturated heterocycles. The van der Waals surface area contributed by atoms with Crippen LogP contribution in [0.1, 0.15) is 29.4 Å². The van der Waals surface area contributed by atoms with Gasteiger partial charge in [-0.15, -0.1) is 0 Å². The third kappa shape index (κ3) is 3.76. The SMILES string of the molecule is CC(NC(=O)c1cc2cc(Cl)ccc2[nH]1)N1CCC(Cc2ccccc2)C1=O. The van der Waals surface area contributed by atoms with Crippen molar-refractivity contribution in [1.82, 2.24) is 15.2 Å². The zero-order chi connectivity index (χ0) is 19.7. The molecule has 2 unspecified atom stereocenters. The second-order valence-electron chi connectivity index (χ2n) is 7.27. The standard InChI is InChI=1S/C22H22ClN3O2/c1-14(24-21(27)20-13-17-12-18(23)7-8-19(17)25-20)26-10-9-16(22(26)28)11-15-5-3-2-4-6-15/h2-8,12-14,16,25H,9-11H2,1H3,(H,24,27). The average Bonchev–Trinajstić information content (AvgIpc) is 3.26. The highest BCUT2D eigenvalue weighted by Crippen LogP contribution is 2.24. The summed E-state index contributed by atoms with van der Waals surface area (Å²) in [4.78, 5) is 30.3. The van der Waals surface area contributed by atoms with Crippen LogP contribution in [-0.4, -0.2) is 34.4 Å². The molecule has 144 valence electrons. The van der Waals surface area contributed by atoms with Gasteiger partial charge in [-0.1, -0.05) is 41.9 Å². The molecule has 1 aromatic heterocycles. The number of hydrogen-bond donors (Lipinski definition) is 2.